The molecule has 0 aromatic carbocycles. The lowest BCUT2D eigenvalue weighted by atomic mass is 9.91. The van der Waals surface area contributed by atoms with Crippen molar-refractivity contribution >= 4 is 12.1 Å². The standard InChI is InChI=1S/C14H25NO5/c1-14(2,3)20-13(18)15-7-5-6-10(9-15)11(19-4)8-12(16)17/h10-11H,5-9H2,1-4H3,(H,16,17). The van der Waals surface area contributed by atoms with E-state index in [1.807, 2.05) is 20.8 Å². The van der Waals surface area contributed by atoms with Gasteiger partial charge in [0.1, 0.15) is 5.60 Å². The van der Waals surface area contributed by atoms with Crippen molar-refractivity contribution in [3.8, 4) is 0 Å². The van der Waals surface area contributed by atoms with Crippen LogP contribution < -0.4 is 0 Å². The average Bonchev–Trinajstić information content (AvgIpc) is 2.34. The monoisotopic (exact) mass is 287 g/mol. The van der Waals surface area contributed by atoms with Crippen LogP contribution in [0.3, 0.4) is 0 Å². The highest BCUT2D eigenvalue weighted by Crippen LogP contribution is 2.24. The topological polar surface area (TPSA) is 76.1 Å². The van der Waals surface area contributed by atoms with Gasteiger partial charge in [-0.05, 0) is 33.6 Å². The smallest absolute Gasteiger partial charge is 0.410 e. The predicted molar refractivity (Wildman–Crippen MR) is 73.6 cm³/mol. The predicted octanol–water partition coefficient (Wildman–Crippen LogP) is 2.12. The van der Waals surface area contributed by atoms with Gasteiger partial charge in [-0.1, -0.05) is 0 Å². The Morgan fingerprint density at radius 3 is 2.55 bits per heavy atom. The zero-order valence-electron chi connectivity index (χ0n) is 12.7. The molecular formula is C14H25NO5. The molecule has 1 amide bonds. The summed E-state index contributed by atoms with van der Waals surface area (Å²) in [4.78, 5) is 24.5. The fourth-order valence-electron chi connectivity index (χ4n) is 2.42. The molecule has 0 spiro atoms. The number of likely N-dealkylation sites (tertiary alicyclic amines) is 1. The Hall–Kier alpha value is -1.30. The van der Waals surface area contributed by atoms with E-state index < -0.39 is 11.6 Å². The van der Waals surface area contributed by atoms with Crippen molar-refractivity contribution < 1.29 is 24.2 Å². The number of ether oxygens (including phenoxy) is 2. The Morgan fingerprint density at radius 1 is 1.40 bits per heavy atom. The molecule has 1 aliphatic rings. The van der Waals surface area contributed by atoms with Crippen LogP contribution in [0.1, 0.15) is 40.0 Å². The fourth-order valence-corrected chi connectivity index (χ4v) is 2.42. The molecule has 1 fully saturated rings. The molecule has 2 atom stereocenters. The number of methoxy groups -OCH3 is 1. The molecule has 0 aliphatic carbocycles. The second-order valence-corrected chi connectivity index (χ2v) is 6.20. The second kappa shape index (κ2) is 6.92. The highest BCUT2D eigenvalue weighted by Gasteiger charge is 2.32. The molecule has 6 heteroatoms. The first-order valence-corrected chi connectivity index (χ1v) is 6.95. The number of aliphatic carboxylic acids is 1. The maximum atomic E-state index is 12.0. The van der Waals surface area contributed by atoms with E-state index in [1.54, 1.807) is 4.90 Å². The van der Waals surface area contributed by atoms with Crippen molar-refractivity contribution in [1.82, 2.24) is 4.90 Å². The molecule has 0 radical (unpaired) electrons. The summed E-state index contributed by atoms with van der Waals surface area (Å²) in [6.45, 7) is 6.62. The van der Waals surface area contributed by atoms with E-state index in [0.717, 1.165) is 12.8 Å². The Morgan fingerprint density at radius 2 is 2.05 bits per heavy atom. The van der Waals surface area contributed by atoms with Gasteiger partial charge in [-0.25, -0.2) is 4.79 Å². The molecule has 0 saturated carbocycles. The first kappa shape index (κ1) is 16.8. The van der Waals surface area contributed by atoms with Gasteiger partial charge < -0.3 is 19.5 Å². The minimum atomic E-state index is -0.883. The normalized spacial score (nSPS) is 21.4. The molecule has 1 aliphatic heterocycles. The van der Waals surface area contributed by atoms with Crippen molar-refractivity contribution in [2.24, 2.45) is 5.92 Å². The number of carbonyl (C=O) groups excluding carboxylic acids is 1. The fraction of sp³-hybridized carbons (Fsp3) is 0.857. The number of hydrogen-bond donors (Lipinski definition) is 1. The number of carboxylic acids is 1. The zero-order chi connectivity index (χ0) is 15.3. The molecule has 1 N–H and O–H groups in total. The van der Waals surface area contributed by atoms with E-state index in [4.69, 9.17) is 14.6 Å². The van der Waals surface area contributed by atoms with Crippen LogP contribution >= 0.6 is 0 Å². The maximum Gasteiger partial charge on any atom is 0.410 e. The highest BCUT2D eigenvalue weighted by atomic mass is 16.6. The Bertz CT molecular complexity index is 350. The zero-order valence-corrected chi connectivity index (χ0v) is 12.7. The van der Waals surface area contributed by atoms with E-state index in [-0.39, 0.29) is 24.5 Å². The van der Waals surface area contributed by atoms with E-state index >= 15 is 0 Å². The number of hydrogen-bond acceptors (Lipinski definition) is 4. The minimum Gasteiger partial charge on any atom is -0.481 e. The van der Waals surface area contributed by atoms with Gasteiger partial charge in [0.2, 0.25) is 0 Å². The number of rotatable bonds is 4. The molecule has 1 saturated heterocycles. The Labute approximate surface area is 120 Å². The lowest BCUT2D eigenvalue weighted by Gasteiger charge is -2.36. The molecule has 0 aromatic rings. The molecule has 1 rings (SSSR count). The lowest BCUT2D eigenvalue weighted by Crippen LogP contribution is -2.46. The summed E-state index contributed by atoms with van der Waals surface area (Å²) < 4.78 is 10.6. The second-order valence-electron chi connectivity index (χ2n) is 6.20. The third-order valence-corrected chi connectivity index (χ3v) is 3.31. The average molecular weight is 287 g/mol. The largest absolute Gasteiger partial charge is 0.481 e. The van der Waals surface area contributed by atoms with E-state index in [0.29, 0.717) is 13.1 Å². The Kier molecular flexibility index (Phi) is 5.80. The Balaban J connectivity index is 2.61. The van der Waals surface area contributed by atoms with E-state index in [9.17, 15) is 9.59 Å². The van der Waals surface area contributed by atoms with Gasteiger partial charge >= 0.3 is 12.1 Å². The molecule has 0 aromatic heterocycles. The van der Waals surface area contributed by atoms with Gasteiger partial charge in [0.05, 0.1) is 12.5 Å². The summed E-state index contributed by atoms with van der Waals surface area (Å²) in [6.07, 6.45) is 0.961. The molecule has 20 heavy (non-hydrogen) atoms. The van der Waals surface area contributed by atoms with Crippen molar-refractivity contribution in [2.45, 2.75) is 51.7 Å². The van der Waals surface area contributed by atoms with Crippen LogP contribution in [0, 0.1) is 5.92 Å². The van der Waals surface area contributed by atoms with Crippen LogP contribution in [-0.2, 0) is 14.3 Å². The molecule has 2 unspecified atom stereocenters. The van der Waals surface area contributed by atoms with Gasteiger partial charge in [0, 0.05) is 26.1 Å². The molecular weight excluding hydrogens is 262 g/mol. The summed E-state index contributed by atoms with van der Waals surface area (Å²) in [5, 5.41) is 8.89. The minimum absolute atomic E-state index is 0.0384. The maximum absolute atomic E-state index is 12.0. The van der Waals surface area contributed by atoms with E-state index in [1.165, 1.54) is 7.11 Å². The number of nitrogens with zero attached hydrogens (tertiary/aromatic N) is 1. The molecule has 0 bridgehead atoms. The van der Waals surface area contributed by atoms with Crippen LogP contribution in [-0.4, -0.2) is 54.0 Å². The van der Waals surface area contributed by atoms with Crippen molar-refractivity contribution in [1.29, 1.82) is 0 Å². The van der Waals surface area contributed by atoms with Crippen molar-refractivity contribution in [3.05, 3.63) is 0 Å². The van der Waals surface area contributed by atoms with Crippen molar-refractivity contribution in [2.75, 3.05) is 20.2 Å². The lowest BCUT2D eigenvalue weighted by molar-refractivity contribution is -0.141. The number of carbonyl (C=O) groups is 2. The number of piperidine rings is 1. The SMILES string of the molecule is COC(CC(=O)O)C1CCCN(C(=O)OC(C)(C)C)C1. The number of amides is 1. The van der Waals surface area contributed by atoms with Gasteiger partial charge in [0.15, 0.2) is 0 Å². The van der Waals surface area contributed by atoms with Crippen LogP contribution in [0.5, 0.6) is 0 Å². The van der Waals surface area contributed by atoms with Gasteiger partial charge in [-0.15, -0.1) is 0 Å². The van der Waals surface area contributed by atoms with Gasteiger partial charge in [0.25, 0.3) is 0 Å². The van der Waals surface area contributed by atoms with Crippen LogP contribution in [0.15, 0.2) is 0 Å². The summed E-state index contributed by atoms with van der Waals surface area (Å²) in [5.41, 5.74) is -0.522. The van der Waals surface area contributed by atoms with Crippen LogP contribution in [0.4, 0.5) is 4.79 Å². The molecule has 1 heterocycles. The first-order chi connectivity index (χ1) is 9.23. The van der Waals surface area contributed by atoms with E-state index in [2.05, 4.69) is 0 Å². The summed E-state index contributed by atoms with van der Waals surface area (Å²) in [5.74, 6) is -0.844. The highest BCUT2D eigenvalue weighted by molar-refractivity contribution is 5.68. The number of carboxylic acid groups (broad SMARTS) is 1. The quantitative estimate of drug-likeness (QED) is 0.857. The molecule has 116 valence electrons. The van der Waals surface area contributed by atoms with Gasteiger partial charge in [-0.2, -0.15) is 0 Å². The summed E-state index contributed by atoms with van der Waals surface area (Å²) >= 11 is 0. The molecule has 6 nitrogen and oxygen atoms in total. The third kappa shape index (κ3) is 5.36. The first-order valence-electron chi connectivity index (χ1n) is 6.95. The van der Waals surface area contributed by atoms with Gasteiger partial charge in [-0.3, -0.25) is 4.79 Å². The summed E-state index contributed by atoms with van der Waals surface area (Å²) in [7, 11) is 1.51. The van der Waals surface area contributed by atoms with Crippen molar-refractivity contribution in [3.63, 3.8) is 0 Å². The summed E-state index contributed by atoms with van der Waals surface area (Å²) in [6, 6.07) is 0. The third-order valence-electron chi connectivity index (χ3n) is 3.31. The van der Waals surface area contributed by atoms with Crippen LogP contribution in [0.2, 0.25) is 0 Å². The van der Waals surface area contributed by atoms with Crippen LogP contribution in [0.25, 0.3) is 0 Å².